The molecule has 1 N–H and O–H groups in total. The van der Waals surface area contributed by atoms with Gasteiger partial charge < -0.3 is 10.2 Å². The number of nitrogens with one attached hydrogen (secondary N) is 1. The summed E-state index contributed by atoms with van der Waals surface area (Å²) in [5.74, 6) is -0.740. The van der Waals surface area contributed by atoms with Gasteiger partial charge in [0.25, 0.3) is 0 Å². The highest BCUT2D eigenvalue weighted by molar-refractivity contribution is 9.10. The summed E-state index contributed by atoms with van der Waals surface area (Å²) in [7, 11) is -3.76. The van der Waals surface area contributed by atoms with E-state index in [1.54, 1.807) is 6.92 Å². The summed E-state index contributed by atoms with van der Waals surface area (Å²) < 4.78 is 27.5. The van der Waals surface area contributed by atoms with Crippen LogP contribution in [0.2, 0.25) is 0 Å². The van der Waals surface area contributed by atoms with Gasteiger partial charge in [0, 0.05) is 17.1 Å². The van der Waals surface area contributed by atoms with Crippen molar-refractivity contribution in [3.63, 3.8) is 0 Å². The van der Waals surface area contributed by atoms with Gasteiger partial charge in [-0.1, -0.05) is 53.2 Å². The van der Waals surface area contributed by atoms with Crippen molar-refractivity contribution in [3.05, 3.63) is 63.6 Å². The third-order valence-electron chi connectivity index (χ3n) is 5.78. The zero-order valence-corrected chi connectivity index (χ0v) is 23.0. The molecule has 0 bridgehead atoms. The summed E-state index contributed by atoms with van der Waals surface area (Å²) in [6.07, 6.45) is 1.84. The maximum atomic E-state index is 13.6. The molecule has 2 aromatic rings. The van der Waals surface area contributed by atoms with Crippen molar-refractivity contribution in [1.82, 2.24) is 10.2 Å². The molecule has 0 unspecified atom stereocenters. The SMILES string of the molecule is CC[C@@H](C)NC(=O)[C@@H](C)N(Cc1cccc(Br)c1)C(=O)CN(c1c(C)cccc1C)S(C)(=O)=O. The van der Waals surface area contributed by atoms with Gasteiger partial charge in [0.2, 0.25) is 21.8 Å². The number of sulfonamides is 1. The van der Waals surface area contributed by atoms with Crippen molar-refractivity contribution in [2.45, 2.75) is 59.7 Å². The van der Waals surface area contributed by atoms with Gasteiger partial charge in [-0.25, -0.2) is 8.42 Å². The minimum atomic E-state index is -3.76. The fraction of sp³-hybridized carbons (Fsp3) is 0.440. The lowest BCUT2D eigenvalue weighted by Crippen LogP contribution is -2.52. The van der Waals surface area contributed by atoms with Gasteiger partial charge in [-0.05, 0) is 62.9 Å². The lowest BCUT2D eigenvalue weighted by molar-refractivity contribution is -0.139. The van der Waals surface area contributed by atoms with E-state index < -0.39 is 28.5 Å². The maximum Gasteiger partial charge on any atom is 0.244 e. The molecule has 9 heteroatoms. The number of carbonyl (C=O) groups excluding carboxylic acids is 2. The van der Waals surface area contributed by atoms with Gasteiger partial charge in [-0.2, -0.15) is 0 Å². The minimum absolute atomic E-state index is 0.0418. The Morgan fingerprint density at radius 3 is 2.18 bits per heavy atom. The summed E-state index contributed by atoms with van der Waals surface area (Å²) in [6, 6.07) is 12.1. The van der Waals surface area contributed by atoms with Crippen molar-refractivity contribution in [2.75, 3.05) is 17.1 Å². The molecule has 0 heterocycles. The maximum absolute atomic E-state index is 13.6. The highest BCUT2D eigenvalue weighted by Crippen LogP contribution is 2.27. The summed E-state index contributed by atoms with van der Waals surface area (Å²) >= 11 is 3.44. The van der Waals surface area contributed by atoms with Crippen LogP contribution in [-0.2, 0) is 26.2 Å². The number of halogens is 1. The van der Waals surface area contributed by atoms with Crippen LogP contribution in [0, 0.1) is 13.8 Å². The third kappa shape index (κ3) is 7.30. The molecular weight excluding hydrogens is 518 g/mol. The van der Waals surface area contributed by atoms with E-state index in [-0.39, 0.29) is 18.5 Å². The topological polar surface area (TPSA) is 86.8 Å². The van der Waals surface area contributed by atoms with Crippen LogP contribution in [0.1, 0.15) is 43.9 Å². The van der Waals surface area contributed by atoms with E-state index in [1.807, 2.05) is 70.2 Å². The van der Waals surface area contributed by atoms with E-state index in [9.17, 15) is 18.0 Å². The molecule has 0 saturated carbocycles. The molecule has 2 amide bonds. The monoisotopic (exact) mass is 551 g/mol. The highest BCUT2D eigenvalue weighted by atomic mass is 79.9. The summed E-state index contributed by atoms with van der Waals surface area (Å²) in [5, 5.41) is 2.92. The Bertz CT molecular complexity index is 1120. The molecule has 0 aliphatic heterocycles. The third-order valence-corrected chi connectivity index (χ3v) is 7.38. The Morgan fingerprint density at radius 1 is 1.06 bits per heavy atom. The molecule has 186 valence electrons. The van der Waals surface area contributed by atoms with E-state index in [2.05, 4.69) is 21.2 Å². The molecule has 0 fully saturated rings. The second-order valence-electron chi connectivity index (χ2n) is 8.66. The van der Waals surface area contributed by atoms with Crippen LogP contribution in [0.25, 0.3) is 0 Å². The van der Waals surface area contributed by atoms with Gasteiger partial charge in [-0.3, -0.25) is 13.9 Å². The number of hydrogen-bond donors (Lipinski definition) is 1. The first-order valence-electron chi connectivity index (χ1n) is 11.2. The Labute approximate surface area is 211 Å². The molecule has 0 spiro atoms. The Kier molecular flexibility index (Phi) is 9.70. The molecule has 2 rings (SSSR count). The Morgan fingerprint density at radius 2 is 1.65 bits per heavy atom. The van der Waals surface area contributed by atoms with Crippen LogP contribution in [-0.4, -0.2) is 50.0 Å². The van der Waals surface area contributed by atoms with E-state index in [0.717, 1.165) is 38.1 Å². The van der Waals surface area contributed by atoms with Crippen LogP contribution in [0.5, 0.6) is 0 Å². The van der Waals surface area contributed by atoms with E-state index in [0.29, 0.717) is 5.69 Å². The lowest BCUT2D eigenvalue weighted by atomic mass is 10.1. The average molecular weight is 553 g/mol. The molecule has 0 aliphatic carbocycles. The molecule has 34 heavy (non-hydrogen) atoms. The number of nitrogens with zero attached hydrogens (tertiary/aromatic N) is 2. The van der Waals surface area contributed by atoms with Gasteiger partial charge in [-0.15, -0.1) is 0 Å². The molecule has 0 aliphatic rings. The average Bonchev–Trinajstić information content (AvgIpc) is 2.75. The molecule has 0 radical (unpaired) electrons. The van der Waals surface area contributed by atoms with Crippen LogP contribution in [0.15, 0.2) is 46.9 Å². The van der Waals surface area contributed by atoms with Gasteiger partial charge in [0.05, 0.1) is 11.9 Å². The Hall–Kier alpha value is -2.39. The fourth-order valence-electron chi connectivity index (χ4n) is 3.66. The normalized spacial score (nSPS) is 13.1. The summed E-state index contributed by atoms with van der Waals surface area (Å²) in [4.78, 5) is 28.0. The van der Waals surface area contributed by atoms with Gasteiger partial charge >= 0.3 is 0 Å². The van der Waals surface area contributed by atoms with Crippen LogP contribution in [0.4, 0.5) is 5.69 Å². The quantitative estimate of drug-likeness (QED) is 0.480. The van der Waals surface area contributed by atoms with Crippen LogP contribution >= 0.6 is 15.9 Å². The van der Waals surface area contributed by atoms with Crippen LogP contribution in [0.3, 0.4) is 0 Å². The van der Waals surface area contributed by atoms with E-state index in [4.69, 9.17) is 0 Å². The number of hydrogen-bond acceptors (Lipinski definition) is 4. The smallest absolute Gasteiger partial charge is 0.244 e. The number of amides is 2. The highest BCUT2D eigenvalue weighted by Gasteiger charge is 2.31. The number of rotatable bonds is 10. The van der Waals surface area contributed by atoms with Crippen LogP contribution < -0.4 is 9.62 Å². The van der Waals surface area contributed by atoms with Crippen molar-refractivity contribution >= 4 is 43.5 Å². The number of anilines is 1. The van der Waals surface area contributed by atoms with E-state index in [1.165, 1.54) is 4.90 Å². The molecule has 0 aromatic heterocycles. The lowest BCUT2D eigenvalue weighted by Gasteiger charge is -2.32. The predicted octanol–water partition coefficient (Wildman–Crippen LogP) is 4.16. The minimum Gasteiger partial charge on any atom is -0.352 e. The molecular formula is C25H34BrN3O4S. The number of para-hydroxylation sites is 1. The standard InChI is InChI=1S/C25H34BrN3O4S/c1-7-19(4)27-25(31)20(5)28(15-21-12-9-13-22(26)14-21)23(30)16-29(34(6,32)33)24-17(2)10-8-11-18(24)3/h8-14,19-20H,7,15-16H2,1-6H3,(H,27,31)/t19-,20-/m1/s1. The molecule has 7 nitrogen and oxygen atoms in total. The predicted molar refractivity (Wildman–Crippen MR) is 140 cm³/mol. The summed E-state index contributed by atoms with van der Waals surface area (Å²) in [6.45, 7) is 8.92. The van der Waals surface area contributed by atoms with Crippen molar-refractivity contribution in [3.8, 4) is 0 Å². The van der Waals surface area contributed by atoms with Crippen molar-refractivity contribution < 1.29 is 18.0 Å². The zero-order chi connectivity index (χ0) is 25.6. The molecule has 2 atom stereocenters. The van der Waals surface area contributed by atoms with Crippen molar-refractivity contribution in [1.29, 1.82) is 0 Å². The second kappa shape index (κ2) is 11.8. The zero-order valence-electron chi connectivity index (χ0n) is 20.6. The first-order valence-corrected chi connectivity index (χ1v) is 13.9. The Balaban J connectivity index is 2.45. The fourth-order valence-corrected chi connectivity index (χ4v) is 5.07. The van der Waals surface area contributed by atoms with E-state index >= 15 is 0 Å². The largest absolute Gasteiger partial charge is 0.352 e. The second-order valence-corrected chi connectivity index (χ2v) is 11.5. The first kappa shape index (κ1) is 27.9. The summed E-state index contributed by atoms with van der Waals surface area (Å²) in [5.41, 5.74) is 2.81. The molecule has 2 aromatic carbocycles. The van der Waals surface area contributed by atoms with Crippen molar-refractivity contribution in [2.24, 2.45) is 0 Å². The number of aryl methyl sites for hydroxylation is 2. The first-order chi connectivity index (χ1) is 15.8. The number of benzene rings is 2. The van der Waals surface area contributed by atoms with Gasteiger partial charge in [0.15, 0.2) is 0 Å². The molecule has 0 saturated heterocycles. The van der Waals surface area contributed by atoms with Gasteiger partial charge in [0.1, 0.15) is 12.6 Å². The number of carbonyl (C=O) groups is 2.